The van der Waals surface area contributed by atoms with Crippen molar-refractivity contribution in [3.63, 3.8) is 0 Å². The molecule has 1 aromatic heterocycles. The maximum absolute atomic E-state index is 5.74. The molecule has 0 aliphatic heterocycles. The lowest BCUT2D eigenvalue weighted by atomic mass is 10.2. The second kappa shape index (κ2) is 5.94. The smallest absolute Gasteiger partial charge is 0.226 e. The van der Waals surface area contributed by atoms with Gasteiger partial charge in [0.1, 0.15) is 11.5 Å². The van der Waals surface area contributed by atoms with Crippen molar-refractivity contribution >= 4 is 24.0 Å². The fourth-order valence-corrected chi connectivity index (χ4v) is 1.68. The summed E-state index contributed by atoms with van der Waals surface area (Å²) in [5.41, 5.74) is 1.67. The molecule has 0 N–H and O–H groups in total. The van der Waals surface area contributed by atoms with Crippen LogP contribution in [-0.2, 0) is 5.88 Å². The van der Waals surface area contributed by atoms with Gasteiger partial charge in [0.05, 0.1) is 18.7 Å². The molecule has 2 aromatic rings. The predicted octanol–water partition coefficient (Wildman–Crippen LogP) is 3.82. The van der Waals surface area contributed by atoms with Crippen LogP contribution >= 0.6 is 24.0 Å². The number of oxazole rings is 1. The van der Waals surface area contributed by atoms with E-state index in [-0.39, 0.29) is 12.4 Å². The Labute approximate surface area is 111 Å². The van der Waals surface area contributed by atoms with Gasteiger partial charge >= 0.3 is 0 Å². The number of aromatic nitrogens is 1. The van der Waals surface area contributed by atoms with Crippen LogP contribution in [-0.4, -0.2) is 12.1 Å². The maximum Gasteiger partial charge on any atom is 0.226 e. The summed E-state index contributed by atoms with van der Waals surface area (Å²) in [6.45, 7) is 1.86. The molecule has 1 aromatic carbocycles. The van der Waals surface area contributed by atoms with E-state index in [1.54, 1.807) is 7.11 Å². The quantitative estimate of drug-likeness (QED) is 0.798. The molecule has 0 fully saturated rings. The summed E-state index contributed by atoms with van der Waals surface area (Å²) in [7, 11) is 1.63. The number of methoxy groups -OCH3 is 1. The van der Waals surface area contributed by atoms with Gasteiger partial charge < -0.3 is 9.15 Å². The number of benzene rings is 1. The van der Waals surface area contributed by atoms with Gasteiger partial charge in [-0.25, -0.2) is 4.98 Å². The Kier molecular flexibility index (Phi) is 4.85. The number of aryl methyl sites for hydroxylation is 1. The van der Waals surface area contributed by atoms with Crippen molar-refractivity contribution in [2.75, 3.05) is 7.11 Å². The molecule has 1 heterocycles. The van der Waals surface area contributed by atoms with Crippen molar-refractivity contribution in [3.05, 3.63) is 35.7 Å². The van der Waals surface area contributed by atoms with Crippen LogP contribution in [0, 0.1) is 6.92 Å². The lowest BCUT2D eigenvalue weighted by Gasteiger charge is -2.00. The highest BCUT2D eigenvalue weighted by Crippen LogP contribution is 2.25. The molecule has 0 spiro atoms. The van der Waals surface area contributed by atoms with Gasteiger partial charge in [-0.05, 0) is 25.1 Å². The van der Waals surface area contributed by atoms with E-state index in [0.717, 1.165) is 22.8 Å². The van der Waals surface area contributed by atoms with Crippen LogP contribution < -0.4 is 4.74 Å². The molecule has 0 aliphatic carbocycles. The molecule has 0 amide bonds. The molecule has 0 saturated carbocycles. The van der Waals surface area contributed by atoms with Gasteiger partial charge in [0.15, 0.2) is 0 Å². The summed E-state index contributed by atoms with van der Waals surface area (Å²) >= 11 is 5.74. The first-order valence-corrected chi connectivity index (χ1v) is 5.44. The van der Waals surface area contributed by atoms with E-state index >= 15 is 0 Å². The van der Waals surface area contributed by atoms with E-state index in [2.05, 4.69) is 4.98 Å². The Morgan fingerprint density at radius 2 is 2.18 bits per heavy atom. The van der Waals surface area contributed by atoms with Crippen molar-refractivity contribution in [2.24, 2.45) is 0 Å². The van der Waals surface area contributed by atoms with Crippen molar-refractivity contribution < 1.29 is 9.15 Å². The Hall–Kier alpha value is -1.19. The summed E-state index contributed by atoms with van der Waals surface area (Å²) in [5, 5.41) is 0. The maximum atomic E-state index is 5.74. The minimum absolute atomic E-state index is 0. The molecule has 17 heavy (non-hydrogen) atoms. The number of alkyl halides is 1. The highest BCUT2D eigenvalue weighted by atomic mass is 35.5. The Balaban J connectivity index is 0.00000144. The normalized spacial score (nSPS) is 9.82. The number of ether oxygens (including phenoxy) is 1. The number of hydrogen-bond donors (Lipinski definition) is 0. The molecule has 0 atom stereocenters. The Morgan fingerprint density at radius 1 is 1.41 bits per heavy atom. The minimum Gasteiger partial charge on any atom is -0.497 e. The largest absolute Gasteiger partial charge is 0.497 e. The molecule has 0 saturated heterocycles. The van der Waals surface area contributed by atoms with E-state index in [0.29, 0.717) is 11.8 Å². The van der Waals surface area contributed by atoms with Crippen molar-refractivity contribution in [1.29, 1.82) is 0 Å². The molecule has 0 unspecified atom stereocenters. The highest BCUT2D eigenvalue weighted by molar-refractivity contribution is 6.16. The minimum atomic E-state index is 0. The highest BCUT2D eigenvalue weighted by Gasteiger charge is 2.10. The van der Waals surface area contributed by atoms with E-state index < -0.39 is 0 Å². The van der Waals surface area contributed by atoms with Gasteiger partial charge in [-0.3, -0.25) is 0 Å². The number of hydrogen-bond acceptors (Lipinski definition) is 3. The summed E-state index contributed by atoms with van der Waals surface area (Å²) in [6.07, 6.45) is 0. The third kappa shape index (κ3) is 2.93. The van der Waals surface area contributed by atoms with Crippen molar-refractivity contribution in [3.8, 4) is 17.2 Å². The first-order chi connectivity index (χ1) is 7.74. The van der Waals surface area contributed by atoms with Crippen LogP contribution in [0.2, 0.25) is 0 Å². The lowest BCUT2D eigenvalue weighted by molar-refractivity contribution is 0.414. The fraction of sp³-hybridized carbons (Fsp3) is 0.250. The molecular formula is C12H13Cl2NO2. The van der Waals surface area contributed by atoms with Crippen LogP contribution in [0.3, 0.4) is 0 Å². The second-order valence-electron chi connectivity index (χ2n) is 3.39. The van der Waals surface area contributed by atoms with E-state index in [9.17, 15) is 0 Å². The second-order valence-corrected chi connectivity index (χ2v) is 3.65. The fourth-order valence-electron chi connectivity index (χ4n) is 1.43. The van der Waals surface area contributed by atoms with Crippen molar-refractivity contribution in [1.82, 2.24) is 4.98 Å². The molecule has 5 heteroatoms. The van der Waals surface area contributed by atoms with Gasteiger partial charge in [0.2, 0.25) is 5.89 Å². The van der Waals surface area contributed by atoms with Gasteiger partial charge in [0.25, 0.3) is 0 Å². The van der Waals surface area contributed by atoms with Crippen molar-refractivity contribution in [2.45, 2.75) is 12.8 Å². The monoisotopic (exact) mass is 273 g/mol. The van der Waals surface area contributed by atoms with E-state index in [1.165, 1.54) is 0 Å². The van der Waals surface area contributed by atoms with E-state index in [1.807, 2.05) is 31.2 Å². The van der Waals surface area contributed by atoms with Crippen LogP contribution in [0.4, 0.5) is 0 Å². The number of rotatable bonds is 3. The third-order valence-electron chi connectivity index (χ3n) is 2.34. The topological polar surface area (TPSA) is 35.3 Å². The molecule has 92 valence electrons. The summed E-state index contributed by atoms with van der Waals surface area (Å²) in [4.78, 5) is 4.32. The molecule has 0 radical (unpaired) electrons. The predicted molar refractivity (Wildman–Crippen MR) is 70.0 cm³/mol. The SMILES string of the molecule is COc1cccc(-c2nc(CCl)c(C)o2)c1.Cl. The van der Waals surface area contributed by atoms with Crippen LogP contribution in [0.1, 0.15) is 11.5 Å². The lowest BCUT2D eigenvalue weighted by Crippen LogP contribution is -1.84. The Morgan fingerprint density at radius 3 is 2.76 bits per heavy atom. The molecule has 3 nitrogen and oxygen atoms in total. The first-order valence-electron chi connectivity index (χ1n) is 4.91. The number of halogens is 2. The standard InChI is InChI=1S/C12H12ClNO2.ClH/c1-8-11(7-13)14-12(16-8)9-4-3-5-10(6-9)15-2;/h3-6H,7H2,1-2H3;1H. The molecule has 0 bridgehead atoms. The summed E-state index contributed by atoms with van der Waals surface area (Å²) in [6, 6.07) is 7.57. The van der Waals surface area contributed by atoms with Gasteiger partial charge in [-0.2, -0.15) is 0 Å². The van der Waals surface area contributed by atoms with Crippen LogP contribution in [0.25, 0.3) is 11.5 Å². The molecule has 2 rings (SSSR count). The van der Waals surface area contributed by atoms with Crippen LogP contribution in [0.5, 0.6) is 5.75 Å². The molecule has 0 aliphatic rings. The van der Waals surface area contributed by atoms with Gasteiger partial charge in [0, 0.05) is 5.56 Å². The van der Waals surface area contributed by atoms with Gasteiger partial charge in [-0.1, -0.05) is 6.07 Å². The average molecular weight is 274 g/mol. The summed E-state index contributed by atoms with van der Waals surface area (Å²) in [5.74, 6) is 2.47. The summed E-state index contributed by atoms with van der Waals surface area (Å²) < 4.78 is 10.7. The zero-order chi connectivity index (χ0) is 11.5. The average Bonchev–Trinajstić information content (AvgIpc) is 2.71. The zero-order valence-electron chi connectivity index (χ0n) is 9.57. The first kappa shape index (κ1) is 13.9. The Bertz CT molecular complexity index is 497. The number of nitrogens with zero attached hydrogens (tertiary/aromatic N) is 1. The third-order valence-corrected chi connectivity index (χ3v) is 2.59. The van der Waals surface area contributed by atoms with Gasteiger partial charge in [-0.15, -0.1) is 24.0 Å². The molecular weight excluding hydrogens is 261 g/mol. The zero-order valence-corrected chi connectivity index (χ0v) is 11.1. The van der Waals surface area contributed by atoms with E-state index in [4.69, 9.17) is 20.8 Å². The van der Waals surface area contributed by atoms with Crippen LogP contribution in [0.15, 0.2) is 28.7 Å².